The van der Waals surface area contributed by atoms with Crippen LogP contribution in [0.15, 0.2) is 30.3 Å². The van der Waals surface area contributed by atoms with Crippen molar-refractivity contribution in [3.63, 3.8) is 0 Å². The van der Waals surface area contributed by atoms with Crippen LogP contribution in [-0.4, -0.2) is 55.9 Å². The van der Waals surface area contributed by atoms with Crippen LogP contribution < -0.4 is 5.32 Å². The number of carbonyl (C=O) groups is 1. The molecule has 0 saturated heterocycles. The summed E-state index contributed by atoms with van der Waals surface area (Å²) in [6, 6.07) is 9.40. The molecule has 1 atom stereocenters. The van der Waals surface area contributed by atoms with Crippen LogP contribution in [0.4, 0.5) is 5.69 Å². The van der Waals surface area contributed by atoms with Gasteiger partial charge in [-0.05, 0) is 33.0 Å². The Bertz CT molecular complexity index is 434. The zero-order valence-electron chi connectivity index (χ0n) is 13.3. The Hall–Kier alpha value is -1.43. The van der Waals surface area contributed by atoms with Gasteiger partial charge in [0.25, 0.3) is 0 Å². The molecule has 0 aliphatic rings. The van der Waals surface area contributed by atoms with Crippen LogP contribution in [0, 0.1) is 5.41 Å². The first kappa shape index (κ1) is 17.6. The summed E-state index contributed by atoms with van der Waals surface area (Å²) in [5.41, 5.74) is 0.231. The largest absolute Gasteiger partial charge is 0.389 e. The van der Waals surface area contributed by atoms with E-state index in [2.05, 4.69) is 5.32 Å². The molecule has 1 amide bonds. The zero-order valence-corrected chi connectivity index (χ0v) is 13.3. The summed E-state index contributed by atoms with van der Waals surface area (Å²) < 4.78 is 4.91. The molecule has 2 N–H and O–H groups in total. The SMILES string of the molecule is COCC(O)CN(C)CC(C)(C)C(=O)Nc1ccccc1. The number of nitrogens with one attached hydrogen (secondary N) is 1. The molecule has 5 heteroatoms. The average molecular weight is 294 g/mol. The first-order valence-electron chi connectivity index (χ1n) is 7.07. The molecule has 0 aliphatic carbocycles. The molecule has 118 valence electrons. The van der Waals surface area contributed by atoms with Gasteiger partial charge in [-0.2, -0.15) is 0 Å². The van der Waals surface area contributed by atoms with E-state index in [-0.39, 0.29) is 5.91 Å². The number of ether oxygens (including phenoxy) is 1. The number of rotatable bonds is 8. The first-order valence-corrected chi connectivity index (χ1v) is 7.07. The molecule has 0 fully saturated rings. The van der Waals surface area contributed by atoms with Crippen LogP contribution in [-0.2, 0) is 9.53 Å². The van der Waals surface area contributed by atoms with Gasteiger partial charge in [0.1, 0.15) is 0 Å². The molecule has 0 radical (unpaired) electrons. The molecule has 1 unspecified atom stereocenters. The van der Waals surface area contributed by atoms with Crippen LogP contribution in [0.5, 0.6) is 0 Å². The van der Waals surface area contributed by atoms with Crippen molar-refractivity contribution in [1.29, 1.82) is 0 Å². The topological polar surface area (TPSA) is 61.8 Å². The summed E-state index contributed by atoms with van der Waals surface area (Å²) in [7, 11) is 3.44. The van der Waals surface area contributed by atoms with E-state index in [1.54, 1.807) is 7.11 Å². The predicted octanol–water partition coefficient (Wildman–Crippen LogP) is 1.59. The Balaban J connectivity index is 2.53. The Morgan fingerprint density at radius 2 is 2.00 bits per heavy atom. The maximum absolute atomic E-state index is 12.4. The van der Waals surface area contributed by atoms with Crippen LogP contribution in [0.3, 0.4) is 0 Å². The normalized spacial score (nSPS) is 13.2. The fourth-order valence-electron chi connectivity index (χ4n) is 2.24. The summed E-state index contributed by atoms with van der Waals surface area (Å²) in [6.07, 6.45) is -0.548. The summed E-state index contributed by atoms with van der Waals surface area (Å²) in [5.74, 6) is -0.0400. The highest BCUT2D eigenvalue weighted by atomic mass is 16.5. The molecule has 0 spiro atoms. The monoisotopic (exact) mass is 294 g/mol. The van der Waals surface area contributed by atoms with E-state index in [9.17, 15) is 9.90 Å². The smallest absolute Gasteiger partial charge is 0.231 e. The second-order valence-electron chi connectivity index (χ2n) is 6.01. The van der Waals surface area contributed by atoms with Crippen LogP contribution in [0.25, 0.3) is 0 Å². The van der Waals surface area contributed by atoms with Crippen molar-refractivity contribution in [3.05, 3.63) is 30.3 Å². The number of benzene rings is 1. The van der Waals surface area contributed by atoms with Crippen molar-refractivity contribution in [1.82, 2.24) is 4.90 Å². The number of likely N-dealkylation sites (N-methyl/N-ethyl adjacent to an activating group) is 1. The highest BCUT2D eigenvalue weighted by molar-refractivity contribution is 5.94. The summed E-state index contributed by atoms with van der Waals surface area (Å²) in [5, 5.41) is 12.6. The number of para-hydroxylation sites is 1. The lowest BCUT2D eigenvalue weighted by Gasteiger charge is -2.30. The second kappa shape index (κ2) is 8.12. The molecule has 5 nitrogen and oxygen atoms in total. The minimum Gasteiger partial charge on any atom is -0.389 e. The zero-order chi connectivity index (χ0) is 15.9. The first-order chi connectivity index (χ1) is 9.85. The van der Waals surface area contributed by atoms with Gasteiger partial charge in [0.2, 0.25) is 5.91 Å². The van der Waals surface area contributed by atoms with Crippen molar-refractivity contribution >= 4 is 11.6 Å². The number of carbonyl (C=O) groups excluding carboxylic acids is 1. The summed E-state index contributed by atoms with van der Waals surface area (Å²) >= 11 is 0. The molecule has 1 aromatic carbocycles. The van der Waals surface area contributed by atoms with E-state index in [1.807, 2.05) is 56.1 Å². The fraction of sp³-hybridized carbons (Fsp3) is 0.562. The van der Waals surface area contributed by atoms with Gasteiger partial charge in [0, 0.05) is 25.9 Å². The van der Waals surface area contributed by atoms with E-state index in [0.29, 0.717) is 19.7 Å². The molecule has 1 rings (SSSR count). The minimum atomic E-state index is -0.558. The average Bonchev–Trinajstić information content (AvgIpc) is 2.39. The Labute approximate surface area is 126 Å². The van der Waals surface area contributed by atoms with Crippen molar-refractivity contribution in [2.45, 2.75) is 20.0 Å². The van der Waals surface area contributed by atoms with E-state index in [4.69, 9.17) is 4.74 Å². The number of aliphatic hydroxyl groups is 1. The Kier molecular flexibility index (Phi) is 6.81. The predicted molar refractivity (Wildman–Crippen MR) is 84.2 cm³/mol. The van der Waals surface area contributed by atoms with Gasteiger partial charge in [-0.15, -0.1) is 0 Å². The second-order valence-corrected chi connectivity index (χ2v) is 6.01. The standard InChI is InChI=1S/C16H26N2O3/c1-16(2,12-18(3)10-14(19)11-21-4)15(20)17-13-8-6-5-7-9-13/h5-9,14,19H,10-12H2,1-4H3,(H,17,20). The number of anilines is 1. The number of nitrogens with zero attached hydrogens (tertiary/aromatic N) is 1. The molecular formula is C16H26N2O3. The van der Waals surface area contributed by atoms with Gasteiger partial charge in [-0.1, -0.05) is 18.2 Å². The third-order valence-electron chi connectivity index (χ3n) is 3.19. The van der Waals surface area contributed by atoms with E-state index >= 15 is 0 Å². The highest BCUT2D eigenvalue weighted by Crippen LogP contribution is 2.20. The highest BCUT2D eigenvalue weighted by Gasteiger charge is 2.29. The lowest BCUT2D eigenvalue weighted by Crippen LogP contribution is -2.43. The summed E-state index contributed by atoms with van der Waals surface area (Å²) in [4.78, 5) is 14.3. The Morgan fingerprint density at radius 3 is 2.57 bits per heavy atom. The van der Waals surface area contributed by atoms with Crippen LogP contribution >= 0.6 is 0 Å². The maximum Gasteiger partial charge on any atom is 0.231 e. The van der Waals surface area contributed by atoms with Crippen molar-refractivity contribution in [2.75, 3.05) is 39.2 Å². The number of methoxy groups -OCH3 is 1. The molecular weight excluding hydrogens is 268 g/mol. The van der Waals surface area contributed by atoms with E-state index < -0.39 is 11.5 Å². The third kappa shape index (κ3) is 6.25. The van der Waals surface area contributed by atoms with E-state index in [1.165, 1.54) is 0 Å². The lowest BCUT2D eigenvalue weighted by atomic mass is 9.91. The number of aliphatic hydroxyl groups excluding tert-OH is 1. The number of hydrogen-bond acceptors (Lipinski definition) is 4. The van der Waals surface area contributed by atoms with Gasteiger partial charge in [-0.3, -0.25) is 4.79 Å². The van der Waals surface area contributed by atoms with Crippen LogP contribution in [0.1, 0.15) is 13.8 Å². The molecule has 0 aliphatic heterocycles. The van der Waals surface area contributed by atoms with Gasteiger partial charge in [0.05, 0.1) is 18.1 Å². The molecule has 0 bridgehead atoms. The number of amides is 1. The van der Waals surface area contributed by atoms with Crippen molar-refractivity contribution in [3.8, 4) is 0 Å². The lowest BCUT2D eigenvalue weighted by molar-refractivity contribution is -0.125. The number of hydrogen-bond donors (Lipinski definition) is 2. The van der Waals surface area contributed by atoms with Crippen molar-refractivity contribution in [2.24, 2.45) is 5.41 Å². The molecule has 21 heavy (non-hydrogen) atoms. The van der Waals surface area contributed by atoms with E-state index in [0.717, 1.165) is 5.69 Å². The Morgan fingerprint density at radius 1 is 1.38 bits per heavy atom. The van der Waals surface area contributed by atoms with Gasteiger partial charge in [0.15, 0.2) is 0 Å². The van der Waals surface area contributed by atoms with Gasteiger partial charge >= 0.3 is 0 Å². The van der Waals surface area contributed by atoms with Crippen LogP contribution in [0.2, 0.25) is 0 Å². The molecule has 0 saturated carbocycles. The third-order valence-corrected chi connectivity index (χ3v) is 3.19. The summed E-state index contributed by atoms with van der Waals surface area (Å²) in [6.45, 7) is 5.10. The van der Waals surface area contributed by atoms with Gasteiger partial charge < -0.3 is 20.1 Å². The fourth-order valence-corrected chi connectivity index (χ4v) is 2.24. The molecule has 1 aromatic rings. The molecule has 0 aromatic heterocycles. The maximum atomic E-state index is 12.4. The quantitative estimate of drug-likeness (QED) is 0.764. The van der Waals surface area contributed by atoms with Gasteiger partial charge in [-0.25, -0.2) is 0 Å². The molecule has 0 heterocycles. The van der Waals surface area contributed by atoms with Crippen molar-refractivity contribution < 1.29 is 14.6 Å². The minimum absolute atomic E-state index is 0.0400.